The number of aromatic nitrogens is 2. The largest absolute Gasteiger partial charge is 0.365 e. The monoisotopic (exact) mass is 313 g/mol. The van der Waals surface area contributed by atoms with Crippen LogP contribution in [-0.2, 0) is 0 Å². The number of nitrogens with zero attached hydrogens (tertiary/aromatic N) is 2. The van der Waals surface area contributed by atoms with E-state index in [0.717, 1.165) is 25.9 Å². The zero-order chi connectivity index (χ0) is 15.5. The van der Waals surface area contributed by atoms with Gasteiger partial charge in [0.1, 0.15) is 5.15 Å². The molecule has 0 unspecified atom stereocenters. The van der Waals surface area contributed by atoms with Gasteiger partial charge in [-0.3, -0.25) is 4.79 Å². The zero-order valence-electron chi connectivity index (χ0n) is 12.3. The molecule has 21 heavy (non-hydrogen) atoms. The Balaban J connectivity index is 2.13. The van der Waals surface area contributed by atoms with E-state index < -0.39 is 5.91 Å². The van der Waals surface area contributed by atoms with E-state index in [-0.39, 0.29) is 10.7 Å². The molecule has 7 heteroatoms. The molecule has 1 amide bonds. The van der Waals surface area contributed by atoms with Crippen molar-refractivity contribution in [2.24, 2.45) is 11.5 Å². The maximum absolute atomic E-state index is 11.0. The number of carbonyl (C=O) groups excluding carboxylic acids is 1. The number of halogens is 1. The zero-order valence-corrected chi connectivity index (χ0v) is 13.0. The Labute approximate surface area is 130 Å². The average molecular weight is 314 g/mol. The second-order valence-corrected chi connectivity index (χ2v) is 5.31. The summed E-state index contributed by atoms with van der Waals surface area (Å²) >= 11 is 5.85. The standard InChI is InChI=1S/C14H24ClN5O/c15-12-11(13(17)21)10-19-14(20-12)18-9-7-5-3-1-2-4-6-8-16/h10H,1-9,16H2,(H2,17,21)(H,18,19,20). The van der Waals surface area contributed by atoms with Gasteiger partial charge in [0, 0.05) is 12.7 Å². The lowest BCUT2D eigenvalue weighted by Gasteiger charge is -2.06. The topological polar surface area (TPSA) is 107 Å². The molecular weight excluding hydrogens is 290 g/mol. The summed E-state index contributed by atoms with van der Waals surface area (Å²) in [6, 6.07) is 0. The lowest BCUT2D eigenvalue weighted by atomic mass is 10.1. The van der Waals surface area contributed by atoms with Gasteiger partial charge in [0.15, 0.2) is 0 Å². The highest BCUT2D eigenvalue weighted by atomic mass is 35.5. The molecule has 1 heterocycles. The second kappa shape index (κ2) is 10.3. The molecule has 0 saturated heterocycles. The quantitative estimate of drug-likeness (QED) is 0.429. The summed E-state index contributed by atoms with van der Waals surface area (Å²) in [5.41, 5.74) is 10.7. The Morgan fingerprint density at radius 2 is 1.76 bits per heavy atom. The molecule has 0 bridgehead atoms. The highest BCUT2D eigenvalue weighted by molar-refractivity contribution is 6.32. The van der Waals surface area contributed by atoms with Crippen LogP contribution in [-0.4, -0.2) is 29.0 Å². The summed E-state index contributed by atoms with van der Waals surface area (Å²) in [5, 5.41) is 3.17. The van der Waals surface area contributed by atoms with Crippen LogP contribution in [0.2, 0.25) is 5.15 Å². The van der Waals surface area contributed by atoms with Crippen LogP contribution in [0.25, 0.3) is 0 Å². The summed E-state index contributed by atoms with van der Waals surface area (Å²) in [6.45, 7) is 1.58. The predicted molar refractivity (Wildman–Crippen MR) is 85.4 cm³/mol. The normalized spacial score (nSPS) is 10.6. The number of unbranched alkanes of at least 4 members (excludes halogenated alkanes) is 6. The lowest BCUT2D eigenvalue weighted by molar-refractivity contribution is 0.1000. The van der Waals surface area contributed by atoms with E-state index in [1.807, 2.05) is 0 Å². The maximum atomic E-state index is 11.0. The number of primary amides is 1. The molecule has 1 aromatic heterocycles. The molecule has 0 saturated carbocycles. The van der Waals surface area contributed by atoms with Gasteiger partial charge in [-0.1, -0.05) is 43.7 Å². The van der Waals surface area contributed by atoms with Crippen LogP contribution in [0.5, 0.6) is 0 Å². The van der Waals surface area contributed by atoms with Crippen LogP contribution in [0.15, 0.2) is 6.20 Å². The fourth-order valence-corrected chi connectivity index (χ4v) is 2.19. The van der Waals surface area contributed by atoms with Crippen LogP contribution in [0.1, 0.15) is 55.3 Å². The fourth-order valence-electron chi connectivity index (χ4n) is 1.96. The summed E-state index contributed by atoms with van der Waals surface area (Å²) < 4.78 is 0. The number of rotatable bonds is 11. The Hall–Kier alpha value is -1.40. The number of amides is 1. The molecule has 6 nitrogen and oxygen atoms in total. The van der Waals surface area contributed by atoms with Crippen LogP contribution < -0.4 is 16.8 Å². The van der Waals surface area contributed by atoms with Crippen molar-refractivity contribution in [3.63, 3.8) is 0 Å². The van der Waals surface area contributed by atoms with Gasteiger partial charge in [-0.15, -0.1) is 0 Å². The maximum Gasteiger partial charge on any atom is 0.253 e. The Bertz CT molecular complexity index is 441. The van der Waals surface area contributed by atoms with Gasteiger partial charge in [0.2, 0.25) is 5.95 Å². The number of hydrogen-bond donors (Lipinski definition) is 3. The number of nitrogens with one attached hydrogen (secondary N) is 1. The van der Waals surface area contributed by atoms with Crippen LogP contribution in [0, 0.1) is 0 Å². The first kappa shape index (κ1) is 17.7. The molecule has 0 radical (unpaired) electrons. The summed E-state index contributed by atoms with van der Waals surface area (Å²) in [7, 11) is 0. The van der Waals surface area contributed by atoms with Crippen molar-refractivity contribution in [1.82, 2.24) is 9.97 Å². The molecule has 0 aliphatic rings. The van der Waals surface area contributed by atoms with Gasteiger partial charge in [0.05, 0.1) is 5.56 Å². The summed E-state index contributed by atoms with van der Waals surface area (Å²) in [5.74, 6) is -0.200. The molecule has 0 aliphatic heterocycles. The lowest BCUT2D eigenvalue weighted by Crippen LogP contribution is -2.14. The van der Waals surface area contributed by atoms with Crippen molar-refractivity contribution < 1.29 is 4.79 Å². The third-order valence-electron chi connectivity index (χ3n) is 3.17. The third kappa shape index (κ3) is 7.24. The highest BCUT2D eigenvalue weighted by Crippen LogP contribution is 2.13. The first-order valence-corrected chi connectivity index (χ1v) is 7.79. The fraction of sp³-hybridized carbons (Fsp3) is 0.643. The predicted octanol–water partition coefficient (Wildman–Crippen LogP) is 2.33. The van der Waals surface area contributed by atoms with Crippen molar-refractivity contribution in [1.29, 1.82) is 0 Å². The third-order valence-corrected chi connectivity index (χ3v) is 3.46. The van der Waals surface area contributed by atoms with Gasteiger partial charge in [0.25, 0.3) is 5.91 Å². The van der Waals surface area contributed by atoms with E-state index in [4.69, 9.17) is 23.1 Å². The van der Waals surface area contributed by atoms with Crippen molar-refractivity contribution in [3.8, 4) is 0 Å². The SMILES string of the molecule is NCCCCCCCCCNc1ncc(C(N)=O)c(Cl)n1. The van der Waals surface area contributed by atoms with E-state index in [1.54, 1.807) is 0 Å². The van der Waals surface area contributed by atoms with Crippen LogP contribution in [0.4, 0.5) is 5.95 Å². The molecule has 0 atom stereocenters. The molecular formula is C14H24ClN5O. The van der Waals surface area contributed by atoms with E-state index in [9.17, 15) is 4.79 Å². The minimum Gasteiger partial charge on any atom is -0.365 e. The molecule has 0 spiro atoms. The van der Waals surface area contributed by atoms with Crippen molar-refractivity contribution in [2.45, 2.75) is 44.9 Å². The molecule has 5 N–H and O–H groups in total. The van der Waals surface area contributed by atoms with E-state index >= 15 is 0 Å². The minimum atomic E-state index is -0.624. The minimum absolute atomic E-state index is 0.0832. The molecule has 118 valence electrons. The number of nitrogens with two attached hydrogens (primary N) is 2. The molecule has 0 aromatic carbocycles. The summed E-state index contributed by atoms with van der Waals surface area (Å²) in [4.78, 5) is 19.0. The average Bonchev–Trinajstić information content (AvgIpc) is 2.45. The van der Waals surface area contributed by atoms with Crippen molar-refractivity contribution in [2.75, 3.05) is 18.4 Å². The van der Waals surface area contributed by atoms with Gasteiger partial charge >= 0.3 is 0 Å². The van der Waals surface area contributed by atoms with Crippen LogP contribution >= 0.6 is 11.6 Å². The first-order valence-electron chi connectivity index (χ1n) is 7.41. The number of hydrogen-bond acceptors (Lipinski definition) is 5. The van der Waals surface area contributed by atoms with E-state index in [0.29, 0.717) is 5.95 Å². The number of anilines is 1. The smallest absolute Gasteiger partial charge is 0.253 e. The first-order chi connectivity index (χ1) is 10.1. The van der Waals surface area contributed by atoms with E-state index in [2.05, 4.69) is 15.3 Å². The Morgan fingerprint density at radius 1 is 1.14 bits per heavy atom. The molecule has 1 rings (SSSR count). The molecule has 0 fully saturated rings. The van der Waals surface area contributed by atoms with Gasteiger partial charge in [-0.25, -0.2) is 9.97 Å². The van der Waals surface area contributed by atoms with Gasteiger partial charge < -0.3 is 16.8 Å². The molecule has 1 aromatic rings. The number of carbonyl (C=O) groups is 1. The van der Waals surface area contributed by atoms with E-state index in [1.165, 1.54) is 38.3 Å². The van der Waals surface area contributed by atoms with Gasteiger partial charge in [-0.2, -0.15) is 0 Å². The molecule has 0 aliphatic carbocycles. The Morgan fingerprint density at radius 3 is 2.33 bits per heavy atom. The van der Waals surface area contributed by atoms with Crippen LogP contribution in [0.3, 0.4) is 0 Å². The second-order valence-electron chi connectivity index (χ2n) is 4.95. The van der Waals surface area contributed by atoms with Crippen molar-refractivity contribution in [3.05, 3.63) is 16.9 Å². The van der Waals surface area contributed by atoms with Gasteiger partial charge in [-0.05, 0) is 19.4 Å². The van der Waals surface area contributed by atoms with Crippen molar-refractivity contribution >= 4 is 23.5 Å². The Kier molecular flexibility index (Phi) is 8.69. The highest BCUT2D eigenvalue weighted by Gasteiger charge is 2.09. The summed E-state index contributed by atoms with van der Waals surface area (Å²) in [6.07, 6.45) is 9.67.